The van der Waals surface area contributed by atoms with Gasteiger partial charge in [0, 0.05) is 12.7 Å². The van der Waals surface area contributed by atoms with Crippen molar-refractivity contribution >= 4 is 10.7 Å². The molecule has 1 atom stereocenters. The third-order valence-corrected chi connectivity index (χ3v) is 2.73. The molecule has 1 aromatic carbocycles. The van der Waals surface area contributed by atoms with E-state index in [0.717, 1.165) is 0 Å². The van der Waals surface area contributed by atoms with Crippen LogP contribution < -0.4 is 0 Å². The van der Waals surface area contributed by atoms with E-state index < -0.39 is 16.8 Å². The highest BCUT2D eigenvalue weighted by atomic mass is 32.2. The average molecular weight is 232 g/mol. The minimum absolute atomic E-state index is 0.00216. The lowest BCUT2D eigenvalue weighted by Gasteiger charge is -2.14. The molecule has 0 fully saturated rings. The van der Waals surface area contributed by atoms with E-state index in [1.807, 2.05) is 0 Å². The fraction of sp³-hybridized carbons (Fsp3) is 0.400. The predicted molar refractivity (Wildman–Crippen MR) is 55.9 cm³/mol. The molecular weight excluding hydrogens is 219 g/mol. The maximum absolute atomic E-state index is 13.3. The van der Waals surface area contributed by atoms with Crippen LogP contribution in [0.3, 0.4) is 0 Å². The smallest absolute Gasteiger partial charge is 0.140 e. The van der Waals surface area contributed by atoms with E-state index in [1.165, 1.54) is 13.2 Å². The second-order valence-corrected chi connectivity index (χ2v) is 4.20. The van der Waals surface area contributed by atoms with E-state index in [0.29, 0.717) is 5.56 Å². The molecule has 0 radical (unpaired) electrons. The molecule has 0 aromatic heterocycles. The Labute approximate surface area is 89.8 Å². The quantitative estimate of drug-likeness (QED) is 0.783. The van der Waals surface area contributed by atoms with Gasteiger partial charge in [-0.3, -0.25) is 0 Å². The first-order valence-corrected chi connectivity index (χ1v) is 5.90. The van der Waals surface area contributed by atoms with Gasteiger partial charge in [0.05, 0.1) is 11.9 Å². The summed E-state index contributed by atoms with van der Waals surface area (Å²) in [5, 5.41) is 0. The largest absolute Gasteiger partial charge is 0.377 e. The van der Waals surface area contributed by atoms with Crippen LogP contribution in [-0.2, 0) is 15.4 Å². The van der Waals surface area contributed by atoms with Crippen molar-refractivity contribution in [2.24, 2.45) is 0 Å². The molecule has 1 aromatic rings. The molecule has 3 nitrogen and oxygen atoms in total. The lowest BCUT2D eigenvalue weighted by atomic mass is 10.1. The first-order chi connectivity index (χ1) is 7.15. The molecule has 1 unspecified atom stereocenters. The molecule has 0 bridgehead atoms. The van der Waals surface area contributed by atoms with E-state index in [4.69, 9.17) is 4.74 Å². The van der Waals surface area contributed by atoms with Crippen LogP contribution in [-0.4, -0.2) is 21.3 Å². The van der Waals surface area contributed by atoms with Crippen molar-refractivity contribution in [1.29, 1.82) is 0 Å². The second-order valence-electron chi connectivity index (χ2n) is 3.09. The summed E-state index contributed by atoms with van der Waals surface area (Å²) in [5.41, 5.74) is 0.400. The minimum atomic E-state index is -2.44. The van der Waals surface area contributed by atoms with Gasteiger partial charge >= 0.3 is 0 Å². The van der Waals surface area contributed by atoms with Gasteiger partial charge in [-0.1, -0.05) is 18.2 Å². The first-order valence-electron chi connectivity index (χ1n) is 4.54. The van der Waals surface area contributed by atoms with Crippen molar-refractivity contribution in [3.8, 4) is 0 Å². The minimum Gasteiger partial charge on any atom is -0.377 e. The van der Waals surface area contributed by atoms with Crippen LogP contribution >= 0.6 is 0 Å². The van der Waals surface area contributed by atoms with Crippen LogP contribution in [0.2, 0.25) is 0 Å². The summed E-state index contributed by atoms with van der Waals surface area (Å²) in [6.45, 7) is 0. The zero-order chi connectivity index (χ0) is 11.3. The van der Waals surface area contributed by atoms with Gasteiger partial charge in [-0.05, 0) is 12.5 Å². The van der Waals surface area contributed by atoms with Gasteiger partial charge in [0.1, 0.15) is 16.5 Å². The van der Waals surface area contributed by atoms with Crippen molar-refractivity contribution in [2.45, 2.75) is 12.5 Å². The van der Waals surface area contributed by atoms with Gasteiger partial charge in [-0.15, -0.1) is 0 Å². The third-order valence-electron chi connectivity index (χ3n) is 2.11. The summed E-state index contributed by atoms with van der Waals surface area (Å²) in [5.74, 6) is -0.368. The van der Waals surface area contributed by atoms with Crippen molar-refractivity contribution in [1.82, 2.24) is 0 Å². The summed E-state index contributed by atoms with van der Waals surface area (Å²) in [6.07, 6.45) is -0.227. The zero-order valence-corrected chi connectivity index (χ0v) is 9.25. The van der Waals surface area contributed by atoms with Gasteiger partial charge in [0.2, 0.25) is 0 Å². The van der Waals surface area contributed by atoms with Crippen LogP contribution in [0.4, 0.5) is 4.39 Å². The maximum Gasteiger partial charge on any atom is 0.140 e. The molecule has 1 rings (SSSR count). The highest BCUT2D eigenvalue weighted by Gasteiger charge is 2.14. The summed E-state index contributed by atoms with van der Waals surface area (Å²) >= 11 is 0. The Hall–Kier alpha value is -0.940. The Balaban J connectivity index is 2.78. The Morgan fingerprint density at radius 3 is 2.60 bits per heavy atom. The molecule has 0 aliphatic carbocycles. The molecule has 0 amide bonds. The Morgan fingerprint density at radius 1 is 1.40 bits per heavy atom. The van der Waals surface area contributed by atoms with E-state index in [1.54, 1.807) is 18.2 Å². The molecule has 84 valence electrons. The van der Waals surface area contributed by atoms with E-state index >= 15 is 0 Å². The van der Waals surface area contributed by atoms with E-state index in [-0.39, 0.29) is 18.0 Å². The molecule has 0 N–H and O–H groups in total. The Bertz CT molecular complexity index is 382. The van der Waals surface area contributed by atoms with Crippen LogP contribution in [0.5, 0.6) is 0 Å². The number of hydrogen-bond donors (Lipinski definition) is 1. The normalized spacial score (nSPS) is 13.0. The van der Waals surface area contributed by atoms with Gasteiger partial charge in [0.15, 0.2) is 0 Å². The molecule has 15 heavy (non-hydrogen) atoms. The summed E-state index contributed by atoms with van der Waals surface area (Å²) < 4.78 is 39.2. The fourth-order valence-corrected chi connectivity index (χ4v) is 1.80. The molecular formula is C10H13FO3S. The SMILES string of the molecule is COC(CC[SH](=O)=O)c1ccccc1F. The summed E-state index contributed by atoms with van der Waals surface area (Å²) in [7, 11) is -1.00. The van der Waals surface area contributed by atoms with Gasteiger partial charge in [0.25, 0.3) is 0 Å². The van der Waals surface area contributed by atoms with Gasteiger partial charge in [-0.2, -0.15) is 0 Å². The van der Waals surface area contributed by atoms with Crippen LogP contribution in [0.1, 0.15) is 18.1 Å². The Morgan fingerprint density at radius 2 is 2.07 bits per heavy atom. The molecule has 0 saturated carbocycles. The standard InChI is InChI=1S/C10H13FO3S/c1-14-10(6-7-15(12)13)8-4-2-3-5-9(8)11/h2-5,10,15H,6-7H2,1H3. The lowest BCUT2D eigenvalue weighted by molar-refractivity contribution is 0.0976. The predicted octanol–water partition coefficient (Wildman–Crippen LogP) is 1.51. The topological polar surface area (TPSA) is 43.4 Å². The molecule has 0 aliphatic rings. The second kappa shape index (κ2) is 5.82. The highest BCUT2D eigenvalue weighted by molar-refractivity contribution is 7.72. The number of benzene rings is 1. The lowest BCUT2D eigenvalue weighted by Crippen LogP contribution is -2.06. The number of ether oxygens (including phenoxy) is 1. The van der Waals surface area contributed by atoms with Crippen LogP contribution in [0.15, 0.2) is 24.3 Å². The summed E-state index contributed by atoms with van der Waals surface area (Å²) in [6, 6.07) is 6.21. The molecule has 0 heterocycles. The highest BCUT2D eigenvalue weighted by Crippen LogP contribution is 2.22. The van der Waals surface area contributed by atoms with Crippen LogP contribution in [0.25, 0.3) is 0 Å². The monoisotopic (exact) mass is 232 g/mol. The van der Waals surface area contributed by atoms with Crippen molar-refractivity contribution < 1.29 is 17.5 Å². The summed E-state index contributed by atoms with van der Waals surface area (Å²) in [4.78, 5) is 0. The van der Waals surface area contributed by atoms with Crippen molar-refractivity contribution in [3.63, 3.8) is 0 Å². The molecule has 5 heteroatoms. The number of halogens is 1. The van der Waals surface area contributed by atoms with Gasteiger partial charge < -0.3 is 4.74 Å². The third kappa shape index (κ3) is 3.60. The molecule has 0 saturated heterocycles. The van der Waals surface area contributed by atoms with Crippen molar-refractivity contribution in [3.05, 3.63) is 35.6 Å². The van der Waals surface area contributed by atoms with Gasteiger partial charge in [-0.25, -0.2) is 12.8 Å². The number of rotatable bonds is 5. The van der Waals surface area contributed by atoms with Crippen LogP contribution in [0, 0.1) is 5.82 Å². The Kier molecular flexibility index (Phi) is 4.71. The maximum atomic E-state index is 13.3. The van der Waals surface area contributed by atoms with Crippen molar-refractivity contribution in [2.75, 3.05) is 12.9 Å². The molecule has 0 aliphatic heterocycles. The van der Waals surface area contributed by atoms with E-state index in [9.17, 15) is 12.8 Å². The fourth-order valence-electron chi connectivity index (χ4n) is 1.36. The molecule has 0 spiro atoms. The van der Waals surface area contributed by atoms with E-state index in [2.05, 4.69) is 0 Å². The average Bonchev–Trinajstić information content (AvgIpc) is 2.21. The number of thiol groups is 1. The zero-order valence-electron chi connectivity index (χ0n) is 8.35. The number of methoxy groups -OCH3 is 1. The number of hydrogen-bond acceptors (Lipinski definition) is 3. The first kappa shape index (κ1) is 12.1.